The number of carbonyl (C=O) groups excluding carboxylic acids is 1. The van der Waals surface area contributed by atoms with E-state index >= 15 is 0 Å². The van der Waals surface area contributed by atoms with Crippen molar-refractivity contribution >= 4 is 12.1 Å². The Balaban J connectivity index is 2.33. The van der Waals surface area contributed by atoms with Gasteiger partial charge in [0.25, 0.3) is 5.88 Å². The van der Waals surface area contributed by atoms with Crippen LogP contribution in [0.4, 0.5) is 5.69 Å². The van der Waals surface area contributed by atoms with Gasteiger partial charge >= 0.3 is 0 Å². The Bertz CT molecular complexity index is 565. The predicted molar refractivity (Wildman–Crippen MR) is 70.9 cm³/mol. The molecule has 1 aromatic heterocycles. The molecule has 1 amide bonds. The van der Waals surface area contributed by atoms with Gasteiger partial charge in [-0.2, -0.15) is 0 Å². The van der Waals surface area contributed by atoms with Gasteiger partial charge in [-0.25, -0.2) is 0 Å². The third-order valence-corrected chi connectivity index (χ3v) is 3.89. The molecule has 1 saturated carbocycles. The molecule has 6 heteroatoms. The van der Waals surface area contributed by atoms with Gasteiger partial charge in [0, 0.05) is 21.9 Å². The zero-order chi connectivity index (χ0) is 16.9. The third-order valence-electron chi connectivity index (χ3n) is 3.89. The van der Waals surface area contributed by atoms with Crippen LogP contribution in [0, 0.1) is 10.8 Å². The van der Waals surface area contributed by atoms with E-state index in [4.69, 9.17) is 8.85 Å². The molecule has 1 aliphatic carbocycles. The number of hydrogen-bond donors (Lipinski definition) is 2. The minimum Gasteiger partial charge on any atom is -0.470 e. The van der Waals surface area contributed by atoms with Crippen LogP contribution in [0.25, 0.3) is 0 Å². The molecule has 0 saturated heterocycles. The van der Waals surface area contributed by atoms with Crippen molar-refractivity contribution in [2.45, 2.75) is 39.9 Å². The predicted octanol–water partition coefficient (Wildman–Crippen LogP) is 1.16. The number of anilines is 1. The zero-order valence-electron chi connectivity index (χ0n) is 14.5. The normalized spacial score (nSPS) is 30.5. The Morgan fingerprint density at radius 1 is 1.53 bits per heavy atom. The molecule has 0 spiro atoms. The second-order valence-electron chi connectivity index (χ2n) is 6.10. The highest BCUT2D eigenvalue weighted by atomic mass is 16.5. The number of carbonyl (C=O) groups is 1. The SMILES string of the molecule is [2H]C([2H])([2H])n1cc(NC=O)c(OC2C(C)(C)C(O)C2(C)C)n1. The molecule has 1 aromatic rings. The van der Waals surface area contributed by atoms with Crippen molar-refractivity contribution < 1.29 is 18.8 Å². The fraction of sp³-hybridized carbons (Fsp3) is 0.692. The van der Waals surface area contributed by atoms with E-state index in [1.165, 1.54) is 6.20 Å². The number of aromatic nitrogens is 2. The van der Waals surface area contributed by atoms with Crippen molar-refractivity contribution in [1.29, 1.82) is 0 Å². The van der Waals surface area contributed by atoms with Crippen LogP contribution in [0.1, 0.15) is 31.8 Å². The minimum absolute atomic E-state index is 0.0290. The largest absolute Gasteiger partial charge is 0.470 e. The number of nitrogens with zero attached hydrogens (tertiary/aromatic N) is 2. The van der Waals surface area contributed by atoms with Gasteiger partial charge in [0.1, 0.15) is 11.8 Å². The topological polar surface area (TPSA) is 76.4 Å². The van der Waals surface area contributed by atoms with Crippen LogP contribution in [0.5, 0.6) is 5.88 Å². The first-order valence-electron chi connectivity index (χ1n) is 7.57. The standard InChI is InChI=1S/C13H21N3O3/c1-12(2)10(18)13(3,4)11(12)19-9-8(14-7-17)6-16(5)15-9/h6-7,10-11,18H,1-5H3,(H,14,17)/i5D3. The number of aryl methyl sites for hydroxylation is 1. The van der Waals surface area contributed by atoms with Crippen LogP contribution in [0.2, 0.25) is 0 Å². The van der Waals surface area contributed by atoms with Gasteiger partial charge < -0.3 is 15.2 Å². The first-order valence-corrected chi connectivity index (χ1v) is 6.07. The summed E-state index contributed by atoms with van der Waals surface area (Å²) in [6.07, 6.45) is 0.699. The van der Waals surface area contributed by atoms with Crippen LogP contribution >= 0.6 is 0 Å². The van der Waals surface area contributed by atoms with E-state index in [1.807, 2.05) is 27.7 Å². The number of amides is 1. The number of ether oxygens (including phenoxy) is 1. The fourth-order valence-electron chi connectivity index (χ4n) is 3.13. The molecule has 1 fully saturated rings. The Hall–Kier alpha value is -1.56. The Labute approximate surface area is 117 Å². The molecule has 0 atom stereocenters. The summed E-state index contributed by atoms with van der Waals surface area (Å²) in [5.74, 6) is 0.0290. The van der Waals surface area contributed by atoms with Gasteiger partial charge in [0.05, 0.1) is 12.3 Å². The monoisotopic (exact) mass is 270 g/mol. The van der Waals surface area contributed by atoms with E-state index in [-0.39, 0.29) is 17.7 Å². The molecule has 1 aliphatic rings. The summed E-state index contributed by atoms with van der Waals surface area (Å²) in [6, 6.07) is 0. The quantitative estimate of drug-likeness (QED) is 0.805. The number of hydrogen-bond acceptors (Lipinski definition) is 4. The van der Waals surface area contributed by atoms with E-state index < -0.39 is 23.9 Å². The molecular formula is C13H21N3O3. The molecular weight excluding hydrogens is 246 g/mol. The zero-order valence-corrected chi connectivity index (χ0v) is 11.5. The molecule has 0 aliphatic heterocycles. The van der Waals surface area contributed by atoms with Crippen molar-refractivity contribution in [1.82, 2.24) is 9.78 Å². The van der Waals surface area contributed by atoms with Gasteiger partial charge in [0.15, 0.2) is 0 Å². The Morgan fingerprint density at radius 2 is 2.16 bits per heavy atom. The molecule has 0 unspecified atom stereocenters. The lowest BCUT2D eigenvalue weighted by atomic mass is 9.51. The molecule has 0 aromatic carbocycles. The third kappa shape index (κ3) is 2.00. The van der Waals surface area contributed by atoms with Gasteiger partial charge in [-0.05, 0) is 0 Å². The molecule has 6 nitrogen and oxygen atoms in total. The van der Waals surface area contributed by atoms with Crippen molar-refractivity contribution in [2.75, 3.05) is 5.32 Å². The summed E-state index contributed by atoms with van der Waals surface area (Å²) >= 11 is 0. The molecule has 1 heterocycles. The number of aliphatic hydroxyl groups excluding tert-OH is 1. The van der Waals surface area contributed by atoms with Crippen LogP contribution in [0.3, 0.4) is 0 Å². The molecule has 19 heavy (non-hydrogen) atoms. The number of nitrogens with one attached hydrogen (secondary N) is 1. The van der Waals surface area contributed by atoms with E-state index in [1.54, 1.807) is 0 Å². The maximum absolute atomic E-state index is 10.7. The average molecular weight is 270 g/mol. The maximum Gasteiger partial charge on any atom is 0.257 e. The van der Waals surface area contributed by atoms with Crippen LogP contribution < -0.4 is 10.1 Å². The van der Waals surface area contributed by atoms with Crippen LogP contribution in [-0.2, 0) is 11.8 Å². The lowest BCUT2D eigenvalue weighted by Crippen LogP contribution is -2.69. The highest BCUT2D eigenvalue weighted by Crippen LogP contribution is 2.55. The highest BCUT2D eigenvalue weighted by Gasteiger charge is 2.63. The average Bonchev–Trinajstić information content (AvgIpc) is 2.78. The fourth-order valence-corrected chi connectivity index (χ4v) is 3.13. The summed E-state index contributed by atoms with van der Waals surface area (Å²) in [7, 11) is 0. The lowest BCUT2D eigenvalue weighted by molar-refractivity contribution is -0.237. The van der Waals surface area contributed by atoms with Crippen molar-refractivity contribution in [3.63, 3.8) is 0 Å². The van der Waals surface area contributed by atoms with Crippen molar-refractivity contribution in [3.8, 4) is 5.88 Å². The van der Waals surface area contributed by atoms with E-state index in [0.29, 0.717) is 6.41 Å². The summed E-state index contributed by atoms with van der Waals surface area (Å²) < 4.78 is 28.7. The highest BCUT2D eigenvalue weighted by molar-refractivity contribution is 5.73. The van der Waals surface area contributed by atoms with Gasteiger partial charge in [-0.1, -0.05) is 27.7 Å². The molecule has 106 valence electrons. The van der Waals surface area contributed by atoms with Gasteiger partial charge in [0.2, 0.25) is 6.41 Å². The summed E-state index contributed by atoms with van der Waals surface area (Å²) in [6.45, 7) is 4.98. The second-order valence-corrected chi connectivity index (χ2v) is 6.10. The van der Waals surface area contributed by atoms with Crippen molar-refractivity contribution in [3.05, 3.63) is 6.20 Å². The van der Waals surface area contributed by atoms with Crippen LogP contribution in [0.15, 0.2) is 6.20 Å². The van der Waals surface area contributed by atoms with Gasteiger partial charge in [-0.15, -0.1) is 5.10 Å². The summed E-state index contributed by atoms with van der Waals surface area (Å²) in [5.41, 5.74) is -0.837. The second kappa shape index (κ2) is 4.23. The molecule has 0 bridgehead atoms. The summed E-state index contributed by atoms with van der Waals surface area (Å²) in [4.78, 5) is 10.7. The Kier molecular flexibility index (Phi) is 2.28. The number of aliphatic hydroxyl groups is 1. The first-order chi connectivity index (χ1) is 9.92. The van der Waals surface area contributed by atoms with E-state index in [0.717, 1.165) is 4.68 Å². The first kappa shape index (κ1) is 10.3. The molecule has 0 radical (unpaired) electrons. The smallest absolute Gasteiger partial charge is 0.257 e. The van der Waals surface area contributed by atoms with Gasteiger partial charge in [-0.3, -0.25) is 9.48 Å². The lowest BCUT2D eigenvalue weighted by Gasteiger charge is -2.60. The Morgan fingerprint density at radius 3 is 2.68 bits per heavy atom. The summed E-state index contributed by atoms with van der Waals surface area (Å²) in [5, 5.41) is 16.5. The maximum atomic E-state index is 10.7. The van der Waals surface area contributed by atoms with Crippen LogP contribution in [-0.4, -0.2) is 33.5 Å². The number of rotatable bonds is 4. The van der Waals surface area contributed by atoms with Crippen molar-refractivity contribution in [2.24, 2.45) is 17.8 Å². The van der Waals surface area contributed by atoms with E-state index in [9.17, 15) is 9.90 Å². The molecule has 2 rings (SSSR count). The minimum atomic E-state index is -2.47. The van der Waals surface area contributed by atoms with E-state index in [2.05, 4.69) is 10.4 Å². The molecule has 2 N–H and O–H groups in total.